The van der Waals surface area contributed by atoms with E-state index >= 15 is 0 Å². The van der Waals surface area contributed by atoms with Crippen molar-refractivity contribution in [1.82, 2.24) is 5.32 Å². The summed E-state index contributed by atoms with van der Waals surface area (Å²) in [5.74, 6) is -0.123. The zero-order chi connectivity index (χ0) is 13.6. The second kappa shape index (κ2) is 6.52. The Kier molecular flexibility index (Phi) is 5.31. The van der Waals surface area contributed by atoms with Crippen LogP contribution in [-0.4, -0.2) is 23.7 Å². The fourth-order valence-electron chi connectivity index (χ4n) is 1.60. The van der Waals surface area contributed by atoms with E-state index in [1.807, 2.05) is 31.2 Å². The number of amides is 1. The highest BCUT2D eigenvalue weighted by molar-refractivity contribution is 5.84. The van der Waals surface area contributed by atoms with Crippen LogP contribution in [0.5, 0.6) is 0 Å². The molecule has 0 aliphatic heterocycles. The highest BCUT2D eigenvalue weighted by atomic mass is 16.5. The van der Waals surface area contributed by atoms with Crippen LogP contribution in [0.25, 0.3) is 0 Å². The summed E-state index contributed by atoms with van der Waals surface area (Å²) in [5.41, 5.74) is 1.02. The van der Waals surface area contributed by atoms with Gasteiger partial charge in [-0.25, -0.2) is 0 Å². The Bertz CT molecular complexity index is 400. The van der Waals surface area contributed by atoms with Crippen LogP contribution < -0.4 is 5.32 Å². The van der Waals surface area contributed by atoms with Crippen molar-refractivity contribution in [2.24, 2.45) is 0 Å². The maximum absolute atomic E-state index is 12.0. The molecule has 0 fully saturated rings. The first kappa shape index (κ1) is 14.7. The molecule has 0 aromatic heterocycles. The average Bonchev–Trinajstić information content (AvgIpc) is 2.43. The molecule has 0 heterocycles. The lowest BCUT2D eigenvalue weighted by Gasteiger charge is -2.25. The molecule has 18 heavy (non-hydrogen) atoms. The Morgan fingerprint density at radius 3 is 2.67 bits per heavy atom. The predicted molar refractivity (Wildman–Crippen MR) is 69.9 cm³/mol. The first-order valence-corrected chi connectivity index (χ1v) is 6.08. The second-order valence-electron chi connectivity index (χ2n) is 4.45. The summed E-state index contributed by atoms with van der Waals surface area (Å²) in [5, 5.41) is 11.9. The molecular weight excluding hydrogens is 230 g/mol. The number of methoxy groups -OCH3 is 1. The third kappa shape index (κ3) is 3.55. The molecule has 100 valence electrons. The van der Waals surface area contributed by atoms with Gasteiger partial charge in [0.1, 0.15) is 5.60 Å². The fourth-order valence-corrected chi connectivity index (χ4v) is 1.60. The summed E-state index contributed by atoms with van der Waals surface area (Å²) in [4.78, 5) is 12.0. The smallest absolute Gasteiger partial charge is 0.252 e. The molecule has 1 unspecified atom stereocenters. The molecule has 0 saturated carbocycles. The van der Waals surface area contributed by atoms with Crippen molar-refractivity contribution >= 4 is 5.91 Å². The maximum Gasteiger partial charge on any atom is 0.252 e. The number of nitrogens with one attached hydrogen (secondary N) is 1. The lowest BCUT2D eigenvalue weighted by Crippen LogP contribution is -2.45. The van der Waals surface area contributed by atoms with E-state index in [0.29, 0.717) is 13.0 Å². The molecule has 1 amide bonds. The molecular formula is C14H21NO3. The van der Waals surface area contributed by atoms with Crippen LogP contribution in [0.2, 0.25) is 0 Å². The van der Waals surface area contributed by atoms with Gasteiger partial charge in [-0.1, -0.05) is 31.2 Å². The Morgan fingerprint density at radius 2 is 2.11 bits per heavy atom. The van der Waals surface area contributed by atoms with E-state index in [0.717, 1.165) is 11.1 Å². The van der Waals surface area contributed by atoms with Gasteiger partial charge in [-0.2, -0.15) is 0 Å². The summed E-state index contributed by atoms with van der Waals surface area (Å²) in [6.07, 6.45) is 0.617. The van der Waals surface area contributed by atoms with Gasteiger partial charge in [0.25, 0.3) is 5.91 Å². The number of carbonyl (C=O) groups is 1. The van der Waals surface area contributed by atoms with Gasteiger partial charge in [0.05, 0.1) is 6.61 Å². The van der Waals surface area contributed by atoms with Gasteiger partial charge in [-0.05, 0) is 24.5 Å². The van der Waals surface area contributed by atoms with E-state index in [4.69, 9.17) is 9.84 Å². The van der Waals surface area contributed by atoms with Gasteiger partial charge < -0.3 is 15.2 Å². The van der Waals surface area contributed by atoms with Crippen LogP contribution in [-0.2, 0) is 22.7 Å². The van der Waals surface area contributed by atoms with Crippen LogP contribution in [0.15, 0.2) is 24.3 Å². The molecule has 0 radical (unpaired) electrons. The highest BCUT2D eigenvalue weighted by Crippen LogP contribution is 2.14. The maximum atomic E-state index is 12.0. The van der Waals surface area contributed by atoms with Gasteiger partial charge in [0, 0.05) is 13.7 Å². The monoisotopic (exact) mass is 251 g/mol. The second-order valence-corrected chi connectivity index (χ2v) is 4.45. The standard InChI is InChI=1S/C14H21NO3/c1-4-14(2,18-3)13(17)15-9-11-6-5-7-12(8-11)10-16/h5-8,16H,4,9-10H2,1-3H3,(H,15,17). The number of benzene rings is 1. The molecule has 0 saturated heterocycles. The van der Waals surface area contributed by atoms with E-state index < -0.39 is 5.60 Å². The molecule has 2 N–H and O–H groups in total. The predicted octanol–water partition coefficient (Wildman–Crippen LogP) is 1.61. The lowest BCUT2D eigenvalue weighted by atomic mass is 10.0. The molecule has 0 bridgehead atoms. The third-order valence-electron chi connectivity index (χ3n) is 3.23. The molecule has 1 rings (SSSR count). The van der Waals surface area contributed by atoms with Gasteiger partial charge in [-0.3, -0.25) is 4.79 Å². The summed E-state index contributed by atoms with van der Waals surface area (Å²) in [7, 11) is 1.54. The quantitative estimate of drug-likeness (QED) is 0.807. The highest BCUT2D eigenvalue weighted by Gasteiger charge is 2.30. The molecule has 0 aliphatic carbocycles. The van der Waals surface area contributed by atoms with E-state index in [9.17, 15) is 4.79 Å². The van der Waals surface area contributed by atoms with Crippen molar-refractivity contribution in [2.75, 3.05) is 7.11 Å². The molecule has 0 aliphatic rings. The Balaban J connectivity index is 2.62. The Morgan fingerprint density at radius 1 is 1.44 bits per heavy atom. The average molecular weight is 251 g/mol. The normalized spacial score (nSPS) is 14.0. The zero-order valence-corrected chi connectivity index (χ0v) is 11.2. The van der Waals surface area contributed by atoms with Gasteiger partial charge in [0.2, 0.25) is 0 Å². The van der Waals surface area contributed by atoms with Crippen LogP contribution in [0.4, 0.5) is 0 Å². The van der Waals surface area contributed by atoms with E-state index in [2.05, 4.69) is 5.32 Å². The SMILES string of the molecule is CCC(C)(OC)C(=O)NCc1cccc(CO)c1. The van der Waals surface area contributed by atoms with E-state index in [1.165, 1.54) is 7.11 Å². The summed E-state index contributed by atoms with van der Waals surface area (Å²) in [6, 6.07) is 7.49. The summed E-state index contributed by atoms with van der Waals surface area (Å²) >= 11 is 0. The lowest BCUT2D eigenvalue weighted by molar-refractivity contribution is -0.142. The Labute approximate surface area is 108 Å². The molecule has 4 nitrogen and oxygen atoms in total. The van der Waals surface area contributed by atoms with Crippen LogP contribution in [0, 0.1) is 0 Å². The first-order valence-electron chi connectivity index (χ1n) is 6.08. The number of carbonyl (C=O) groups excluding carboxylic acids is 1. The number of aliphatic hydroxyl groups is 1. The van der Waals surface area contributed by atoms with E-state index in [1.54, 1.807) is 6.92 Å². The number of aliphatic hydroxyl groups excluding tert-OH is 1. The Hall–Kier alpha value is -1.39. The zero-order valence-electron chi connectivity index (χ0n) is 11.2. The van der Waals surface area contributed by atoms with Crippen molar-refractivity contribution < 1.29 is 14.6 Å². The van der Waals surface area contributed by atoms with Gasteiger partial charge >= 0.3 is 0 Å². The van der Waals surface area contributed by atoms with Crippen molar-refractivity contribution in [3.63, 3.8) is 0 Å². The van der Waals surface area contributed by atoms with Crippen LogP contribution in [0.1, 0.15) is 31.4 Å². The van der Waals surface area contributed by atoms with E-state index in [-0.39, 0.29) is 12.5 Å². The first-order chi connectivity index (χ1) is 8.55. The largest absolute Gasteiger partial charge is 0.392 e. The van der Waals surface area contributed by atoms with Gasteiger partial charge in [-0.15, -0.1) is 0 Å². The number of rotatable bonds is 6. The third-order valence-corrected chi connectivity index (χ3v) is 3.23. The summed E-state index contributed by atoms with van der Waals surface area (Å²) in [6.45, 7) is 4.13. The molecule has 1 aromatic rings. The molecule has 1 atom stereocenters. The van der Waals surface area contributed by atoms with Crippen LogP contribution >= 0.6 is 0 Å². The van der Waals surface area contributed by atoms with Crippen molar-refractivity contribution in [2.45, 2.75) is 39.0 Å². The minimum Gasteiger partial charge on any atom is -0.392 e. The fraction of sp³-hybridized carbons (Fsp3) is 0.500. The minimum absolute atomic E-state index is 0.00648. The molecule has 4 heteroatoms. The van der Waals surface area contributed by atoms with Crippen molar-refractivity contribution in [3.05, 3.63) is 35.4 Å². The molecule has 0 spiro atoms. The minimum atomic E-state index is -0.783. The van der Waals surface area contributed by atoms with Gasteiger partial charge in [0.15, 0.2) is 0 Å². The van der Waals surface area contributed by atoms with Crippen LogP contribution in [0.3, 0.4) is 0 Å². The number of hydrogen-bond acceptors (Lipinski definition) is 3. The van der Waals surface area contributed by atoms with Crippen molar-refractivity contribution in [1.29, 1.82) is 0 Å². The number of ether oxygens (including phenoxy) is 1. The number of hydrogen-bond donors (Lipinski definition) is 2. The summed E-state index contributed by atoms with van der Waals surface area (Å²) < 4.78 is 5.23. The topological polar surface area (TPSA) is 58.6 Å². The van der Waals surface area contributed by atoms with Crippen molar-refractivity contribution in [3.8, 4) is 0 Å². The molecule has 1 aromatic carbocycles.